The van der Waals surface area contributed by atoms with Crippen molar-refractivity contribution in [3.05, 3.63) is 70.9 Å². The van der Waals surface area contributed by atoms with Crippen LogP contribution in [0, 0.1) is 0 Å². The molecule has 170 valence electrons. The number of rotatable bonds is 8. The summed E-state index contributed by atoms with van der Waals surface area (Å²) in [6.45, 7) is 2.93. The lowest BCUT2D eigenvalue weighted by molar-refractivity contribution is -0.122. The number of carbonyl (C=O) groups is 2. The fourth-order valence-electron chi connectivity index (χ4n) is 3.72. The summed E-state index contributed by atoms with van der Waals surface area (Å²) in [5, 5.41) is 5.17. The van der Waals surface area contributed by atoms with Crippen LogP contribution in [0.15, 0.2) is 59.7 Å². The highest BCUT2D eigenvalue weighted by molar-refractivity contribution is 6.05. The average molecular weight is 447 g/mol. The number of amides is 2. The number of imidazole rings is 1. The number of aryl methyl sites for hydroxylation is 2. The molecule has 2 heterocycles. The molecular formula is C24H26N6O3. The van der Waals surface area contributed by atoms with Crippen LogP contribution in [0.1, 0.15) is 43.1 Å². The molecule has 33 heavy (non-hydrogen) atoms. The number of carbonyl (C=O) groups excluding carboxylic acids is 2. The van der Waals surface area contributed by atoms with Gasteiger partial charge >= 0.3 is 0 Å². The molecule has 9 heteroatoms. The first-order valence-corrected chi connectivity index (χ1v) is 11.1. The molecule has 0 saturated heterocycles. The monoisotopic (exact) mass is 446 g/mol. The molecule has 0 aliphatic rings. The first kappa shape index (κ1) is 22.2. The number of unbranched alkanes of at least 4 members (excludes halogenated alkanes) is 2. The van der Waals surface area contributed by atoms with Crippen LogP contribution in [0.5, 0.6) is 0 Å². The first-order valence-electron chi connectivity index (χ1n) is 11.1. The highest BCUT2D eigenvalue weighted by Gasteiger charge is 2.17. The number of hydrogen-bond donors (Lipinski definition) is 2. The number of aromatic nitrogens is 4. The summed E-state index contributed by atoms with van der Waals surface area (Å²) < 4.78 is 3.22. The lowest BCUT2D eigenvalue weighted by Gasteiger charge is -2.12. The summed E-state index contributed by atoms with van der Waals surface area (Å²) >= 11 is 0. The van der Waals surface area contributed by atoms with Gasteiger partial charge in [-0.05, 0) is 24.6 Å². The van der Waals surface area contributed by atoms with Crippen molar-refractivity contribution >= 4 is 33.6 Å². The second-order valence-corrected chi connectivity index (χ2v) is 7.81. The van der Waals surface area contributed by atoms with Gasteiger partial charge in [0.25, 0.3) is 11.5 Å². The van der Waals surface area contributed by atoms with Crippen molar-refractivity contribution in [1.82, 2.24) is 30.2 Å². The zero-order valence-electron chi connectivity index (χ0n) is 18.5. The molecule has 2 aromatic heterocycles. The van der Waals surface area contributed by atoms with Gasteiger partial charge in [-0.25, -0.2) is 9.67 Å². The topological polar surface area (TPSA) is 111 Å². The molecule has 0 radical (unpaired) electrons. The molecule has 0 aliphatic heterocycles. The van der Waals surface area contributed by atoms with E-state index < -0.39 is 5.91 Å². The molecule has 2 amide bonds. The molecule has 4 aromatic rings. The smallest absolute Gasteiger partial charge is 0.290 e. The lowest BCUT2D eigenvalue weighted by Crippen LogP contribution is -2.43. The van der Waals surface area contributed by atoms with Gasteiger partial charge in [0.05, 0.1) is 22.7 Å². The first-order chi connectivity index (χ1) is 16.1. The molecule has 0 bridgehead atoms. The zero-order chi connectivity index (χ0) is 23.2. The summed E-state index contributed by atoms with van der Waals surface area (Å²) in [7, 11) is 0. The van der Waals surface area contributed by atoms with Crippen LogP contribution in [0.25, 0.3) is 21.8 Å². The third-order valence-electron chi connectivity index (χ3n) is 5.48. The van der Waals surface area contributed by atoms with Gasteiger partial charge in [0.1, 0.15) is 0 Å². The van der Waals surface area contributed by atoms with Gasteiger partial charge in [0.15, 0.2) is 5.69 Å². The van der Waals surface area contributed by atoms with Crippen molar-refractivity contribution in [1.29, 1.82) is 0 Å². The zero-order valence-corrected chi connectivity index (χ0v) is 18.5. The Balaban J connectivity index is 1.44. The number of hydrogen-bond acceptors (Lipinski definition) is 5. The lowest BCUT2D eigenvalue weighted by atomic mass is 10.1. The Kier molecular flexibility index (Phi) is 6.77. The molecular weight excluding hydrogens is 420 g/mol. The summed E-state index contributed by atoms with van der Waals surface area (Å²) in [6, 6.07) is 14.5. The number of nitrogens with zero attached hydrogens (tertiary/aromatic N) is 4. The fourth-order valence-corrected chi connectivity index (χ4v) is 3.72. The van der Waals surface area contributed by atoms with Crippen LogP contribution in [0.4, 0.5) is 0 Å². The van der Waals surface area contributed by atoms with E-state index in [-0.39, 0.29) is 23.6 Å². The number of para-hydroxylation sites is 2. The van der Waals surface area contributed by atoms with Crippen molar-refractivity contribution in [2.24, 2.45) is 0 Å². The van der Waals surface area contributed by atoms with Crippen LogP contribution < -0.4 is 16.4 Å². The highest BCUT2D eigenvalue weighted by atomic mass is 16.2. The van der Waals surface area contributed by atoms with E-state index in [2.05, 4.69) is 27.9 Å². The van der Waals surface area contributed by atoms with Crippen molar-refractivity contribution < 1.29 is 9.59 Å². The minimum atomic E-state index is -0.572. The normalized spacial score (nSPS) is 11.1. The Bertz CT molecular complexity index is 1360. The van der Waals surface area contributed by atoms with Gasteiger partial charge in [-0.1, -0.05) is 50.1 Å². The van der Waals surface area contributed by atoms with E-state index in [1.54, 1.807) is 30.6 Å². The van der Waals surface area contributed by atoms with Crippen LogP contribution in [0.3, 0.4) is 0 Å². The van der Waals surface area contributed by atoms with E-state index in [0.717, 1.165) is 30.3 Å². The van der Waals surface area contributed by atoms with Crippen molar-refractivity contribution in [3.63, 3.8) is 0 Å². The molecule has 2 aromatic carbocycles. The maximum absolute atomic E-state index is 12.8. The standard InChI is InChI=1S/C24H26N6O3/c1-2-3-8-14-30-24(33)18-10-5-4-9-17(18)22(28-30)23(32)27-26-21(31)13-15-29-16-25-19-11-6-7-12-20(19)29/h4-7,9-12,16H,2-3,8,13-15H2,1H3,(H,26,31)(H,27,32). The molecule has 0 aliphatic carbocycles. The predicted octanol–water partition coefficient (Wildman–Crippen LogP) is 2.79. The van der Waals surface area contributed by atoms with Gasteiger partial charge in [-0.2, -0.15) is 5.10 Å². The Hall–Kier alpha value is -4.01. The largest absolute Gasteiger partial charge is 0.330 e. The summed E-state index contributed by atoms with van der Waals surface area (Å²) in [4.78, 5) is 42.2. The van der Waals surface area contributed by atoms with Gasteiger partial charge in [-0.3, -0.25) is 25.2 Å². The van der Waals surface area contributed by atoms with E-state index in [4.69, 9.17) is 0 Å². The van der Waals surface area contributed by atoms with Crippen LogP contribution in [-0.4, -0.2) is 31.1 Å². The molecule has 2 N–H and O–H groups in total. The quantitative estimate of drug-likeness (QED) is 0.319. The molecule has 0 fully saturated rings. The van der Waals surface area contributed by atoms with E-state index in [1.165, 1.54) is 4.68 Å². The third-order valence-corrected chi connectivity index (χ3v) is 5.48. The predicted molar refractivity (Wildman–Crippen MR) is 125 cm³/mol. The van der Waals surface area contributed by atoms with Crippen LogP contribution in [0.2, 0.25) is 0 Å². The van der Waals surface area contributed by atoms with E-state index in [0.29, 0.717) is 23.9 Å². The van der Waals surface area contributed by atoms with Crippen molar-refractivity contribution in [3.8, 4) is 0 Å². The number of benzene rings is 2. The summed E-state index contributed by atoms with van der Waals surface area (Å²) in [5.41, 5.74) is 6.55. The maximum atomic E-state index is 12.8. The molecule has 0 atom stereocenters. The van der Waals surface area contributed by atoms with Crippen LogP contribution >= 0.6 is 0 Å². The Labute approximate surface area is 190 Å². The molecule has 4 rings (SSSR count). The fraction of sp³-hybridized carbons (Fsp3) is 0.292. The molecule has 0 saturated carbocycles. The summed E-state index contributed by atoms with van der Waals surface area (Å²) in [6.07, 6.45) is 4.61. The van der Waals surface area contributed by atoms with Crippen molar-refractivity contribution in [2.75, 3.05) is 0 Å². The minimum Gasteiger partial charge on any atom is -0.330 e. The average Bonchev–Trinajstić information content (AvgIpc) is 3.26. The maximum Gasteiger partial charge on any atom is 0.290 e. The van der Waals surface area contributed by atoms with Gasteiger partial charge < -0.3 is 4.57 Å². The summed E-state index contributed by atoms with van der Waals surface area (Å²) in [5.74, 6) is -0.918. The molecule has 0 unspecified atom stereocenters. The van der Waals surface area contributed by atoms with E-state index >= 15 is 0 Å². The third kappa shape index (κ3) is 4.92. The Morgan fingerprint density at radius 2 is 1.70 bits per heavy atom. The molecule has 0 spiro atoms. The van der Waals surface area contributed by atoms with Gasteiger partial charge in [0, 0.05) is 24.9 Å². The second kappa shape index (κ2) is 10.1. The van der Waals surface area contributed by atoms with E-state index in [1.807, 2.05) is 28.8 Å². The Morgan fingerprint density at radius 3 is 2.52 bits per heavy atom. The molecule has 9 nitrogen and oxygen atoms in total. The van der Waals surface area contributed by atoms with Gasteiger partial charge in [-0.15, -0.1) is 0 Å². The minimum absolute atomic E-state index is 0.0996. The van der Waals surface area contributed by atoms with E-state index in [9.17, 15) is 14.4 Å². The second-order valence-electron chi connectivity index (χ2n) is 7.81. The SMILES string of the molecule is CCCCCn1nc(C(=O)NNC(=O)CCn2cnc3ccccc32)c2ccccc2c1=O. The Morgan fingerprint density at radius 1 is 0.939 bits per heavy atom. The highest BCUT2D eigenvalue weighted by Crippen LogP contribution is 2.14. The van der Waals surface area contributed by atoms with Crippen molar-refractivity contribution in [2.45, 2.75) is 45.7 Å². The number of fused-ring (bicyclic) bond motifs is 2. The number of nitrogens with one attached hydrogen (secondary N) is 2. The number of hydrazine groups is 1. The van der Waals surface area contributed by atoms with Crippen LogP contribution in [-0.2, 0) is 17.9 Å². The van der Waals surface area contributed by atoms with Gasteiger partial charge in [0.2, 0.25) is 5.91 Å².